The van der Waals surface area contributed by atoms with Crippen molar-refractivity contribution in [2.24, 2.45) is 0 Å². The molecule has 0 fully saturated rings. The van der Waals surface area contributed by atoms with E-state index < -0.39 is 0 Å². The molecule has 1 atom stereocenters. The van der Waals surface area contributed by atoms with Crippen molar-refractivity contribution in [3.63, 3.8) is 0 Å². The van der Waals surface area contributed by atoms with Crippen molar-refractivity contribution in [2.75, 3.05) is 0 Å². The normalized spacial score (nSPS) is 13.9. The maximum absolute atomic E-state index is 9.65. The maximum atomic E-state index is 9.65. The minimum Gasteiger partial charge on any atom is -0.388 e. The molecule has 0 bridgehead atoms. The summed E-state index contributed by atoms with van der Waals surface area (Å²) in [6.45, 7) is 8.59. The Morgan fingerprint density at radius 3 is 2.13 bits per heavy atom. The Hall–Kier alpha value is -0.470. The van der Waals surface area contributed by atoms with Crippen LogP contribution in [0.3, 0.4) is 0 Å². The van der Waals surface area contributed by atoms with Crippen molar-refractivity contribution < 1.29 is 5.11 Å². The average molecular weight is 224 g/mol. The van der Waals surface area contributed by atoms with Gasteiger partial charge >= 0.3 is 0 Å². The molecule has 2 heteroatoms. The predicted molar refractivity (Wildman–Crippen MR) is 67.3 cm³/mol. The number of hydrogen-bond acceptors (Lipinski definition) is 2. The lowest BCUT2D eigenvalue weighted by Crippen LogP contribution is -2.06. The second kappa shape index (κ2) is 5.04. The van der Waals surface area contributed by atoms with Crippen LogP contribution in [0.15, 0.2) is 29.2 Å². The first kappa shape index (κ1) is 12.6. The van der Waals surface area contributed by atoms with Crippen LogP contribution in [0, 0.1) is 0 Å². The average Bonchev–Trinajstić information content (AvgIpc) is 2.15. The number of aliphatic hydroxyl groups excluding tert-OH is 1. The van der Waals surface area contributed by atoms with Crippen molar-refractivity contribution in [3.05, 3.63) is 29.8 Å². The molecule has 0 heterocycles. The highest BCUT2D eigenvalue weighted by Gasteiger charge is 2.12. The third-order valence-electron chi connectivity index (χ3n) is 2.08. The molecule has 15 heavy (non-hydrogen) atoms. The molecule has 0 radical (unpaired) electrons. The molecule has 0 aromatic heterocycles. The van der Waals surface area contributed by atoms with Gasteiger partial charge in [0, 0.05) is 9.64 Å². The molecule has 0 spiro atoms. The molecule has 84 valence electrons. The Balaban J connectivity index is 2.72. The Kier molecular flexibility index (Phi) is 4.23. The lowest BCUT2D eigenvalue weighted by molar-refractivity contribution is 0.173. The second-order valence-electron chi connectivity index (χ2n) is 4.71. The largest absolute Gasteiger partial charge is 0.388 e. The van der Waals surface area contributed by atoms with Gasteiger partial charge in [-0.3, -0.25) is 0 Å². The van der Waals surface area contributed by atoms with Crippen molar-refractivity contribution in [3.8, 4) is 0 Å². The molecule has 0 saturated heterocycles. The molecule has 1 aromatic rings. The number of rotatable bonds is 3. The summed E-state index contributed by atoms with van der Waals surface area (Å²) in [5.41, 5.74) is 1.01. The fourth-order valence-electron chi connectivity index (χ4n) is 1.35. The molecule has 1 rings (SSSR count). The Morgan fingerprint density at radius 1 is 1.20 bits per heavy atom. The molecule has 1 nitrogen and oxygen atoms in total. The van der Waals surface area contributed by atoms with E-state index in [2.05, 4.69) is 32.9 Å². The van der Waals surface area contributed by atoms with Crippen LogP contribution in [-0.4, -0.2) is 9.85 Å². The van der Waals surface area contributed by atoms with Gasteiger partial charge in [-0.25, -0.2) is 0 Å². The van der Waals surface area contributed by atoms with Crippen LogP contribution in [-0.2, 0) is 0 Å². The Bertz CT molecular complexity index is 297. The highest BCUT2D eigenvalue weighted by molar-refractivity contribution is 8.00. The molecule has 0 aliphatic rings. The van der Waals surface area contributed by atoms with E-state index in [4.69, 9.17) is 0 Å². The molecule has 1 N–H and O–H groups in total. The van der Waals surface area contributed by atoms with Gasteiger partial charge in [0.15, 0.2) is 0 Å². The van der Waals surface area contributed by atoms with E-state index in [0.717, 1.165) is 12.0 Å². The number of hydrogen-bond donors (Lipinski definition) is 1. The molecule has 0 unspecified atom stereocenters. The van der Waals surface area contributed by atoms with Crippen molar-refractivity contribution in [1.82, 2.24) is 0 Å². The monoisotopic (exact) mass is 224 g/mol. The predicted octanol–water partition coefficient (Wildman–Crippen LogP) is 4.02. The summed E-state index contributed by atoms with van der Waals surface area (Å²) >= 11 is 1.85. The Morgan fingerprint density at radius 2 is 1.73 bits per heavy atom. The first-order valence-corrected chi connectivity index (χ1v) is 6.21. The second-order valence-corrected chi connectivity index (χ2v) is 6.61. The summed E-state index contributed by atoms with van der Waals surface area (Å²) in [5, 5.41) is 9.65. The molecule has 0 saturated carbocycles. The van der Waals surface area contributed by atoms with E-state index in [1.54, 1.807) is 0 Å². The Labute approximate surface area is 96.9 Å². The van der Waals surface area contributed by atoms with Crippen LogP contribution in [0.2, 0.25) is 0 Å². The summed E-state index contributed by atoms with van der Waals surface area (Å²) < 4.78 is 0.241. The summed E-state index contributed by atoms with van der Waals surface area (Å²) in [4.78, 5) is 1.26. The molecule has 1 aromatic carbocycles. The fraction of sp³-hybridized carbons (Fsp3) is 0.538. The van der Waals surface area contributed by atoms with Crippen LogP contribution in [0.25, 0.3) is 0 Å². The summed E-state index contributed by atoms with van der Waals surface area (Å²) in [5.74, 6) is 0. The molecule has 0 aliphatic heterocycles. The lowest BCUT2D eigenvalue weighted by atomic mass is 10.1. The molecule has 0 aliphatic carbocycles. The van der Waals surface area contributed by atoms with Gasteiger partial charge in [0.25, 0.3) is 0 Å². The van der Waals surface area contributed by atoms with Gasteiger partial charge in [-0.15, -0.1) is 11.8 Å². The third kappa shape index (κ3) is 4.27. The van der Waals surface area contributed by atoms with Crippen LogP contribution >= 0.6 is 11.8 Å². The third-order valence-corrected chi connectivity index (χ3v) is 3.20. The van der Waals surface area contributed by atoms with Crippen molar-refractivity contribution >= 4 is 11.8 Å². The highest BCUT2D eigenvalue weighted by atomic mass is 32.2. The van der Waals surface area contributed by atoms with Gasteiger partial charge in [0.05, 0.1) is 6.10 Å². The van der Waals surface area contributed by atoms with Crippen LogP contribution in [0.1, 0.15) is 45.8 Å². The van der Waals surface area contributed by atoms with E-state index in [-0.39, 0.29) is 10.9 Å². The molecular formula is C13H20OS. The van der Waals surface area contributed by atoms with Gasteiger partial charge in [0.2, 0.25) is 0 Å². The van der Waals surface area contributed by atoms with E-state index >= 15 is 0 Å². The number of thioether (sulfide) groups is 1. The quantitative estimate of drug-likeness (QED) is 0.782. The van der Waals surface area contributed by atoms with Gasteiger partial charge in [-0.1, -0.05) is 39.8 Å². The molecular weight excluding hydrogens is 204 g/mol. The zero-order valence-electron chi connectivity index (χ0n) is 9.95. The maximum Gasteiger partial charge on any atom is 0.0787 e. The van der Waals surface area contributed by atoms with E-state index in [0.29, 0.717) is 0 Å². The minimum absolute atomic E-state index is 0.241. The first-order valence-electron chi connectivity index (χ1n) is 5.39. The molecule has 0 amide bonds. The van der Waals surface area contributed by atoms with Gasteiger partial charge in [-0.2, -0.15) is 0 Å². The topological polar surface area (TPSA) is 20.2 Å². The standard InChI is InChI=1S/C13H20OS/c1-5-12(14)10-6-8-11(9-7-10)15-13(2,3)4/h6-9,12,14H,5H2,1-4H3/t12-/m0/s1. The smallest absolute Gasteiger partial charge is 0.0787 e. The van der Waals surface area contributed by atoms with Gasteiger partial charge < -0.3 is 5.11 Å². The zero-order valence-corrected chi connectivity index (χ0v) is 10.8. The van der Waals surface area contributed by atoms with Gasteiger partial charge in [-0.05, 0) is 24.1 Å². The number of benzene rings is 1. The lowest BCUT2D eigenvalue weighted by Gasteiger charge is -2.18. The van der Waals surface area contributed by atoms with Crippen molar-refractivity contribution in [2.45, 2.75) is 49.9 Å². The van der Waals surface area contributed by atoms with E-state index in [1.807, 2.05) is 30.8 Å². The van der Waals surface area contributed by atoms with E-state index in [9.17, 15) is 5.11 Å². The van der Waals surface area contributed by atoms with Crippen molar-refractivity contribution in [1.29, 1.82) is 0 Å². The summed E-state index contributed by atoms with van der Waals surface area (Å²) in [6.07, 6.45) is 0.449. The van der Waals surface area contributed by atoms with Crippen LogP contribution in [0.5, 0.6) is 0 Å². The summed E-state index contributed by atoms with van der Waals surface area (Å²) in [6, 6.07) is 8.21. The summed E-state index contributed by atoms with van der Waals surface area (Å²) in [7, 11) is 0. The zero-order chi connectivity index (χ0) is 11.5. The van der Waals surface area contributed by atoms with Gasteiger partial charge in [0.1, 0.15) is 0 Å². The van der Waals surface area contributed by atoms with E-state index in [1.165, 1.54) is 4.90 Å². The van der Waals surface area contributed by atoms with Crippen LogP contribution in [0.4, 0.5) is 0 Å². The highest BCUT2D eigenvalue weighted by Crippen LogP contribution is 2.32. The number of aliphatic hydroxyl groups is 1. The first-order chi connectivity index (χ1) is 6.92. The fourth-order valence-corrected chi connectivity index (χ4v) is 2.33. The SMILES string of the molecule is CC[C@H](O)c1ccc(SC(C)(C)C)cc1. The minimum atomic E-state index is -0.321. The van der Waals surface area contributed by atoms with Crippen LogP contribution < -0.4 is 0 Å².